The molecule has 92 valence electrons. The van der Waals surface area contributed by atoms with Crippen molar-refractivity contribution in [2.75, 3.05) is 19.5 Å². The largest absolute Gasteiger partial charge is 0.383 e. The van der Waals surface area contributed by atoms with Gasteiger partial charge in [-0.3, -0.25) is 0 Å². The molecule has 0 saturated carbocycles. The van der Waals surface area contributed by atoms with Crippen molar-refractivity contribution >= 4 is 26.5 Å². The highest BCUT2D eigenvalue weighted by Crippen LogP contribution is 2.18. The lowest BCUT2D eigenvalue weighted by Gasteiger charge is -2.23. The zero-order chi connectivity index (χ0) is 12.4. The van der Waals surface area contributed by atoms with Crippen LogP contribution in [0.5, 0.6) is 0 Å². The van der Waals surface area contributed by atoms with Crippen molar-refractivity contribution < 1.29 is 13.2 Å². The number of aromatic nitrogens is 2. The molecule has 0 aliphatic rings. The van der Waals surface area contributed by atoms with E-state index in [0.717, 1.165) is 11.3 Å². The van der Waals surface area contributed by atoms with Crippen LogP contribution in [0.1, 0.15) is 13.8 Å². The fourth-order valence-corrected chi connectivity index (χ4v) is 3.31. The highest BCUT2D eigenvalue weighted by atomic mass is 32.2. The summed E-state index contributed by atoms with van der Waals surface area (Å²) in [6, 6.07) is 0. The summed E-state index contributed by atoms with van der Waals surface area (Å²) in [4.78, 5) is 0. The zero-order valence-electron chi connectivity index (χ0n) is 9.22. The molecule has 1 rings (SSSR count). The first-order valence-electron chi connectivity index (χ1n) is 4.39. The van der Waals surface area contributed by atoms with Gasteiger partial charge in [-0.25, -0.2) is 13.1 Å². The normalized spacial score (nSPS) is 12.9. The minimum absolute atomic E-state index is 0.116. The van der Waals surface area contributed by atoms with Crippen LogP contribution in [0.2, 0.25) is 0 Å². The summed E-state index contributed by atoms with van der Waals surface area (Å²) in [6.07, 6.45) is 0. The second kappa shape index (κ2) is 4.62. The van der Waals surface area contributed by atoms with E-state index in [1.54, 1.807) is 13.8 Å². The molecule has 1 aromatic heterocycles. The predicted molar refractivity (Wildman–Crippen MR) is 60.6 cm³/mol. The number of nitrogen functional groups attached to an aromatic ring is 1. The highest BCUT2D eigenvalue weighted by molar-refractivity contribution is 7.91. The Morgan fingerprint density at radius 3 is 2.56 bits per heavy atom. The van der Waals surface area contributed by atoms with E-state index in [2.05, 4.69) is 14.9 Å². The first-order valence-corrected chi connectivity index (χ1v) is 6.69. The molecule has 0 aliphatic heterocycles. The van der Waals surface area contributed by atoms with Crippen LogP contribution in [0.3, 0.4) is 0 Å². The number of nitrogens with zero attached hydrogens (tertiary/aromatic N) is 2. The van der Waals surface area contributed by atoms with Crippen molar-refractivity contribution in [1.82, 2.24) is 14.9 Å². The molecule has 1 heterocycles. The zero-order valence-corrected chi connectivity index (χ0v) is 10.9. The average molecular weight is 266 g/mol. The number of hydrogen-bond donors (Lipinski definition) is 2. The number of anilines is 1. The second-order valence-corrected chi connectivity index (χ2v) is 6.69. The van der Waals surface area contributed by atoms with Crippen molar-refractivity contribution in [3.05, 3.63) is 0 Å². The summed E-state index contributed by atoms with van der Waals surface area (Å²) >= 11 is 0.818. The SMILES string of the molecule is COCC(C)(C)NS(=O)(=O)c1nnc(N)s1. The van der Waals surface area contributed by atoms with Crippen LogP contribution in [0.15, 0.2) is 4.34 Å². The summed E-state index contributed by atoms with van der Waals surface area (Å²) in [6.45, 7) is 3.66. The van der Waals surface area contributed by atoms with Crippen molar-refractivity contribution in [3.8, 4) is 0 Å². The predicted octanol–water partition coefficient (Wildman–Crippen LogP) is -0.176. The van der Waals surface area contributed by atoms with Gasteiger partial charge < -0.3 is 10.5 Å². The molecule has 9 heteroatoms. The summed E-state index contributed by atoms with van der Waals surface area (Å²) < 4.78 is 30.9. The van der Waals surface area contributed by atoms with E-state index in [1.807, 2.05) is 0 Å². The molecule has 0 radical (unpaired) electrons. The Balaban J connectivity index is 2.88. The maximum atomic E-state index is 11.8. The Morgan fingerprint density at radius 1 is 1.50 bits per heavy atom. The second-order valence-electron chi connectivity index (χ2n) is 3.83. The number of rotatable bonds is 5. The van der Waals surface area contributed by atoms with Gasteiger partial charge in [0, 0.05) is 7.11 Å². The molecular formula is C7H14N4O3S2. The molecule has 16 heavy (non-hydrogen) atoms. The Labute approximate surface area is 98.1 Å². The smallest absolute Gasteiger partial charge is 0.270 e. The van der Waals surface area contributed by atoms with Crippen LogP contribution in [-0.4, -0.2) is 37.9 Å². The van der Waals surface area contributed by atoms with Gasteiger partial charge in [0.05, 0.1) is 12.1 Å². The average Bonchev–Trinajstić information content (AvgIpc) is 2.49. The molecule has 1 aromatic rings. The first kappa shape index (κ1) is 13.3. The van der Waals surface area contributed by atoms with Crippen LogP contribution in [0, 0.1) is 0 Å². The third kappa shape index (κ3) is 3.37. The molecule has 0 fully saturated rings. The summed E-state index contributed by atoms with van der Waals surface area (Å²) in [5.41, 5.74) is 4.61. The minimum atomic E-state index is -3.68. The number of sulfonamides is 1. The molecule has 3 N–H and O–H groups in total. The van der Waals surface area contributed by atoms with E-state index in [-0.39, 0.29) is 16.1 Å². The molecule has 0 aliphatic carbocycles. The van der Waals surface area contributed by atoms with E-state index in [4.69, 9.17) is 10.5 Å². The monoisotopic (exact) mass is 266 g/mol. The lowest BCUT2D eigenvalue weighted by molar-refractivity contribution is 0.141. The first-order chi connectivity index (χ1) is 7.27. The van der Waals surface area contributed by atoms with Gasteiger partial charge in [-0.2, -0.15) is 0 Å². The molecule has 0 atom stereocenters. The van der Waals surface area contributed by atoms with Gasteiger partial charge in [-0.05, 0) is 13.8 Å². The maximum absolute atomic E-state index is 11.8. The number of hydrogen-bond acceptors (Lipinski definition) is 7. The van der Waals surface area contributed by atoms with Gasteiger partial charge in [-0.15, -0.1) is 10.2 Å². The summed E-state index contributed by atoms with van der Waals surface area (Å²) in [5, 5.41) is 7.05. The summed E-state index contributed by atoms with van der Waals surface area (Å²) in [7, 11) is -2.19. The van der Waals surface area contributed by atoms with E-state index in [9.17, 15) is 8.42 Å². The Bertz CT molecular complexity index is 454. The van der Waals surface area contributed by atoms with Crippen molar-refractivity contribution in [3.63, 3.8) is 0 Å². The van der Waals surface area contributed by atoms with Crippen LogP contribution < -0.4 is 10.5 Å². The van der Waals surface area contributed by atoms with Crippen LogP contribution in [0.25, 0.3) is 0 Å². The van der Waals surface area contributed by atoms with Crippen LogP contribution in [-0.2, 0) is 14.8 Å². The molecule has 0 unspecified atom stereocenters. The number of nitrogens with two attached hydrogens (primary N) is 1. The van der Waals surface area contributed by atoms with E-state index >= 15 is 0 Å². The Morgan fingerprint density at radius 2 is 2.12 bits per heavy atom. The molecule has 0 amide bonds. The highest BCUT2D eigenvalue weighted by Gasteiger charge is 2.28. The van der Waals surface area contributed by atoms with Crippen molar-refractivity contribution in [2.45, 2.75) is 23.7 Å². The third-order valence-electron chi connectivity index (χ3n) is 1.57. The fraction of sp³-hybridized carbons (Fsp3) is 0.714. The number of nitrogens with one attached hydrogen (secondary N) is 1. The molecule has 0 spiro atoms. The van der Waals surface area contributed by atoms with Gasteiger partial charge >= 0.3 is 0 Å². The van der Waals surface area contributed by atoms with E-state index in [0.29, 0.717) is 0 Å². The Hall–Kier alpha value is -0.770. The molecule has 0 saturated heterocycles. The topological polar surface area (TPSA) is 107 Å². The van der Waals surface area contributed by atoms with Gasteiger partial charge in [0.25, 0.3) is 10.0 Å². The third-order valence-corrected chi connectivity index (χ3v) is 4.39. The fourth-order valence-electron chi connectivity index (χ4n) is 1.13. The minimum Gasteiger partial charge on any atom is -0.383 e. The molecule has 0 aromatic carbocycles. The van der Waals surface area contributed by atoms with Gasteiger partial charge in [0.1, 0.15) is 0 Å². The van der Waals surface area contributed by atoms with Crippen LogP contribution >= 0.6 is 11.3 Å². The van der Waals surface area contributed by atoms with Gasteiger partial charge in [0.2, 0.25) is 9.47 Å². The van der Waals surface area contributed by atoms with Crippen molar-refractivity contribution in [1.29, 1.82) is 0 Å². The number of methoxy groups -OCH3 is 1. The van der Waals surface area contributed by atoms with Crippen LogP contribution in [0.4, 0.5) is 5.13 Å². The molecule has 0 bridgehead atoms. The molecule has 7 nitrogen and oxygen atoms in total. The van der Waals surface area contributed by atoms with Gasteiger partial charge in [-0.1, -0.05) is 11.3 Å². The number of ether oxygens (including phenoxy) is 1. The Kier molecular flexibility index (Phi) is 3.84. The lowest BCUT2D eigenvalue weighted by Crippen LogP contribution is -2.46. The van der Waals surface area contributed by atoms with E-state index < -0.39 is 15.6 Å². The lowest BCUT2D eigenvalue weighted by atomic mass is 10.1. The quantitative estimate of drug-likeness (QED) is 0.765. The molecular weight excluding hydrogens is 252 g/mol. The maximum Gasteiger partial charge on any atom is 0.270 e. The summed E-state index contributed by atoms with van der Waals surface area (Å²) in [5.74, 6) is 0. The van der Waals surface area contributed by atoms with Crippen molar-refractivity contribution in [2.24, 2.45) is 0 Å². The van der Waals surface area contributed by atoms with E-state index in [1.165, 1.54) is 7.11 Å². The van der Waals surface area contributed by atoms with Gasteiger partial charge in [0.15, 0.2) is 0 Å². The standard InChI is InChI=1S/C7H14N4O3S2/c1-7(2,4-14-3)11-16(12,13)6-10-9-5(8)15-6/h11H,4H2,1-3H3,(H2,8,9).